The topological polar surface area (TPSA) is 74.8 Å². The van der Waals surface area contributed by atoms with Gasteiger partial charge < -0.3 is 0 Å². The number of hydrogen-bond acceptors (Lipinski definition) is 4. The van der Waals surface area contributed by atoms with E-state index in [1.807, 2.05) is 19.9 Å². The Kier molecular flexibility index (Phi) is 9.20. The highest BCUT2D eigenvalue weighted by atomic mass is 16.2. The second-order valence-electron chi connectivity index (χ2n) is 9.83. The van der Waals surface area contributed by atoms with Crippen LogP contribution in [0.4, 0.5) is 0 Å². The normalized spacial score (nSPS) is 20.7. The lowest BCUT2D eigenvalue weighted by Crippen LogP contribution is -2.39. The summed E-state index contributed by atoms with van der Waals surface area (Å²) in [6.45, 7) is 9.15. The van der Waals surface area contributed by atoms with Gasteiger partial charge in [-0.05, 0) is 37.0 Å². The zero-order valence-electron chi connectivity index (χ0n) is 19.6. The lowest BCUT2D eigenvalue weighted by molar-refractivity contribution is -0.140. The first kappa shape index (κ1) is 25.0. The summed E-state index contributed by atoms with van der Waals surface area (Å²) in [5, 5.41) is 0. The van der Waals surface area contributed by atoms with Crippen molar-refractivity contribution in [2.24, 2.45) is 17.3 Å². The summed E-state index contributed by atoms with van der Waals surface area (Å²) in [7, 11) is 0. The first-order valence-corrected chi connectivity index (χ1v) is 11.7. The second-order valence-corrected chi connectivity index (χ2v) is 9.83. The Bertz CT molecular complexity index is 720. The van der Waals surface area contributed by atoms with Gasteiger partial charge in [0, 0.05) is 31.7 Å². The standard InChI is InChI=1S/C25H38N2O4/c1-5-6-7-8-9-10-11-20-16-23(30)26(24(20)31)15-14-19(2)17-25(3,4)18-27-21(28)12-13-22(27)29/h10-13,19-20H,5-9,14-18H2,1-4H3/b11-10+. The van der Waals surface area contributed by atoms with Crippen LogP contribution in [0.15, 0.2) is 24.3 Å². The van der Waals surface area contributed by atoms with Crippen LogP contribution in [0.1, 0.15) is 79.1 Å². The van der Waals surface area contributed by atoms with E-state index in [4.69, 9.17) is 0 Å². The van der Waals surface area contributed by atoms with Gasteiger partial charge in [0.05, 0.1) is 5.92 Å². The Morgan fingerprint density at radius 1 is 1.06 bits per heavy atom. The third-order valence-electron chi connectivity index (χ3n) is 6.10. The summed E-state index contributed by atoms with van der Waals surface area (Å²) < 4.78 is 0. The van der Waals surface area contributed by atoms with Crippen LogP contribution < -0.4 is 0 Å². The van der Waals surface area contributed by atoms with Crippen LogP contribution in [0.25, 0.3) is 0 Å². The lowest BCUT2D eigenvalue weighted by atomic mass is 9.81. The molecule has 0 aromatic rings. The Labute approximate surface area is 186 Å². The second kappa shape index (κ2) is 11.4. The summed E-state index contributed by atoms with van der Waals surface area (Å²) in [5.74, 6) is -0.751. The van der Waals surface area contributed by atoms with Crippen molar-refractivity contribution < 1.29 is 19.2 Å². The fraction of sp³-hybridized carbons (Fsp3) is 0.680. The van der Waals surface area contributed by atoms with Gasteiger partial charge in [0.2, 0.25) is 11.8 Å². The van der Waals surface area contributed by atoms with E-state index < -0.39 is 0 Å². The molecule has 2 aliphatic rings. The van der Waals surface area contributed by atoms with Gasteiger partial charge in [-0.3, -0.25) is 29.0 Å². The first-order valence-electron chi connectivity index (χ1n) is 11.7. The summed E-state index contributed by atoms with van der Waals surface area (Å²) in [6, 6.07) is 0. The number of amides is 4. The summed E-state index contributed by atoms with van der Waals surface area (Å²) >= 11 is 0. The molecule has 6 heteroatoms. The quantitative estimate of drug-likeness (QED) is 0.249. The van der Waals surface area contributed by atoms with E-state index in [1.165, 1.54) is 41.2 Å². The molecule has 2 aliphatic heterocycles. The minimum atomic E-state index is -0.315. The van der Waals surface area contributed by atoms with Crippen molar-refractivity contribution in [3.05, 3.63) is 24.3 Å². The highest BCUT2D eigenvalue weighted by Crippen LogP contribution is 2.30. The molecule has 4 amide bonds. The van der Waals surface area contributed by atoms with Crippen LogP contribution in [0.3, 0.4) is 0 Å². The van der Waals surface area contributed by atoms with Crippen LogP contribution in [-0.4, -0.2) is 46.5 Å². The molecule has 0 N–H and O–H groups in total. The molecule has 0 aliphatic carbocycles. The molecule has 31 heavy (non-hydrogen) atoms. The van der Waals surface area contributed by atoms with Gasteiger partial charge in [0.25, 0.3) is 11.8 Å². The number of allylic oxidation sites excluding steroid dienone is 1. The first-order chi connectivity index (χ1) is 14.6. The van der Waals surface area contributed by atoms with E-state index in [-0.39, 0.29) is 47.3 Å². The molecule has 0 aromatic carbocycles. The highest BCUT2D eigenvalue weighted by Gasteiger charge is 2.37. The molecule has 0 radical (unpaired) electrons. The zero-order valence-corrected chi connectivity index (χ0v) is 19.6. The molecule has 2 heterocycles. The van der Waals surface area contributed by atoms with E-state index in [0.29, 0.717) is 19.5 Å². The van der Waals surface area contributed by atoms with Gasteiger partial charge in [-0.1, -0.05) is 59.1 Å². The van der Waals surface area contributed by atoms with Crippen LogP contribution in [0, 0.1) is 17.3 Å². The van der Waals surface area contributed by atoms with E-state index in [2.05, 4.69) is 19.9 Å². The van der Waals surface area contributed by atoms with Crippen molar-refractivity contribution in [2.45, 2.75) is 79.1 Å². The number of carbonyl (C=O) groups is 4. The van der Waals surface area contributed by atoms with Gasteiger partial charge in [-0.25, -0.2) is 0 Å². The van der Waals surface area contributed by atoms with E-state index in [0.717, 1.165) is 19.3 Å². The number of hydrogen-bond donors (Lipinski definition) is 0. The molecule has 0 saturated carbocycles. The summed E-state index contributed by atoms with van der Waals surface area (Å²) in [4.78, 5) is 51.3. The smallest absolute Gasteiger partial charge is 0.253 e. The van der Waals surface area contributed by atoms with Crippen molar-refractivity contribution >= 4 is 23.6 Å². The average molecular weight is 431 g/mol. The molecular weight excluding hydrogens is 392 g/mol. The summed E-state index contributed by atoms with van der Waals surface area (Å²) in [6.07, 6.45) is 14.1. The molecule has 0 bridgehead atoms. The number of nitrogens with zero attached hydrogens (tertiary/aromatic N) is 2. The molecule has 2 rings (SSSR count). The molecular formula is C25H38N2O4. The Balaban J connectivity index is 1.77. The maximum Gasteiger partial charge on any atom is 0.253 e. The number of likely N-dealkylation sites (tertiary alicyclic amines) is 1. The predicted octanol–water partition coefficient (Wildman–Crippen LogP) is 4.26. The maximum absolute atomic E-state index is 12.6. The minimum Gasteiger partial charge on any atom is -0.282 e. The predicted molar refractivity (Wildman–Crippen MR) is 121 cm³/mol. The summed E-state index contributed by atoms with van der Waals surface area (Å²) in [5.41, 5.74) is -0.237. The third-order valence-corrected chi connectivity index (χ3v) is 6.10. The van der Waals surface area contributed by atoms with Crippen molar-refractivity contribution in [3.8, 4) is 0 Å². The zero-order chi connectivity index (χ0) is 23.0. The number of rotatable bonds is 13. The highest BCUT2D eigenvalue weighted by molar-refractivity contribution is 6.12. The van der Waals surface area contributed by atoms with E-state index in [1.54, 1.807) is 0 Å². The van der Waals surface area contributed by atoms with Crippen LogP contribution in [0.2, 0.25) is 0 Å². The molecule has 2 atom stereocenters. The van der Waals surface area contributed by atoms with Gasteiger partial charge >= 0.3 is 0 Å². The molecule has 0 aromatic heterocycles. The van der Waals surface area contributed by atoms with Crippen molar-refractivity contribution in [1.29, 1.82) is 0 Å². The lowest BCUT2D eigenvalue weighted by Gasteiger charge is -2.32. The minimum absolute atomic E-state index is 0.0828. The Hall–Kier alpha value is -2.24. The third kappa shape index (κ3) is 7.44. The van der Waals surface area contributed by atoms with Gasteiger partial charge in [-0.15, -0.1) is 0 Å². The average Bonchev–Trinajstić information content (AvgIpc) is 3.14. The number of carbonyl (C=O) groups excluding carboxylic acids is 4. The van der Waals surface area contributed by atoms with Crippen molar-refractivity contribution in [3.63, 3.8) is 0 Å². The Morgan fingerprint density at radius 3 is 2.39 bits per heavy atom. The monoisotopic (exact) mass is 430 g/mol. The van der Waals surface area contributed by atoms with Crippen LogP contribution >= 0.6 is 0 Å². The number of unbranched alkanes of at least 4 members (excludes halogenated alkanes) is 4. The fourth-order valence-electron chi connectivity index (χ4n) is 4.52. The van der Waals surface area contributed by atoms with Crippen molar-refractivity contribution in [2.75, 3.05) is 13.1 Å². The molecule has 6 nitrogen and oxygen atoms in total. The fourth-order valence-corrected chi connectivity index (χ4v) is 4.52. The number of imide groups is 2. The van der Waals surface area contributed by atoms with Gasteiger partial charge in [0.1, 0.15) is 0 Å². The Morgan fingerprint density at radius 2 is 1.74 bits per heavy atom. The molecule has 1 fully saturated rings. The molecule has 172 valence electrons. The van der Waals surface area contributed by atoms with E-state index >= 15 is 0 Å². The molecule has 0 spiro atoms. The molecule has 2 unspecified atom stereocenters. The largest absolute Gasteiger partial charge is 0.282 e. The van der Waals surface area contributed by atoms with Crippen molar-refractivity contribution in [1.82, 2.24) is 9.80 Å². The van der Waals surface area contributed by atoms with Crippen LogP contribution in [0.5, 0.6) is 0 Å². The van der Waals surface area contributed by atoms with E-state index in [9.17, 15) is 19.2 Å². The SMILES string of the molecule is CCCCCC/C=C/C1CC(=O)N(CCC(C)CC(C)(C)CN2C(=O)C=CC2=O)C1=O. The van der Waals surface area contributed by atoms with Crippen LogP contribution in [-0.2, 0) is 19.2 Å². The molecule has 1 saturated heterocycles. The van der Waals surface area contributed by atoms with Gasteiger partial charge in [-0.2, -0.15) is 0 Å². The van der Waals surface area contributed by atoms with Gasteiger partial charge in [0.15, 0.2) is 0 Å². The maximum atomic E-state index is 12.6.